The molecule has 0 radical (unpaired) electrons. The van der Waals surface area contributed by atoms with Crippen molar-refractivity contribution < 1.29 is 19.1 Å². The topological polar surface area (TPSA) is 79.9 Å². The molecule has 0 aromatic heterocycles. The number of nitrogens with one attached hydrogen (secondary N) is 2. The van der Waals surface area contributed by atoms with Crippen LogP contribution in [0.2, 0.25) is 0 Å². The zero-order valence-corrected chi connectivity index (χ0v) is 14.7. The lowest BCUT2D eigenvalue weighted by molar-refractivity contribution is -0.128. The summed E-state index contributed by atoms with van der Waals surface area (Å²) in [6.45, 7) is 1.41. The van der Waals surface area contributed by atoms with Crippen LogP contribution in [0.15, 0.2) is 18.2 Å². The van der Waals surface area contributed by atoms with Crippen molar-refractivity contribution in [1.29, 1.82) is 0 Å². The second kappa shape index (κ2) is 7.74. The molecular formula is C18H25N3O4. The Morgan fingerprint density at radius 2 is 1.88 bits per heavy atom. The maximum absolute atomic E-state index is 12.7. The van der Waals surface area contributed by atoms with Crippen LogP contribution in [0.3, 0.4) is 0 Å². The van der Waals surface area contributed by atoms with Gasteiger partial charge in [-0.1, -0.05) is 6.42 Å². The van der Waals surface area contributed by atoms with Gasteiger partial charge < -0.3 is 25.0 Å². The fourth-order valence-electron chi connectivity index (χ4n) is 3.37. The van der Waals surface area contributed by atoms with Gasteiger partial charge in [-0.25, -0.2) is 0 Å². The number of carbonyl (C=O) groups is 2. The van der Waals surface area contributed by atoms with Crippen molar-refractivity contribution in [3.63, 3.8) is 0 Å². The monoisotopic (exact) mass is 347 g/mol. The Kier molecular flexibility index (Phi) is 5.43. The van der Waals surface area contributed by atoms with Crippen molar-refractivity contribution >= 4 is 17.5 Å². The smallest absolute Gasteiger partial charge is 0.249 e. The Labute approximate surface area is 147 Å². The Hall–Kier alpha value is -2.28. The van der Waals surface area contributed by atoms with Crippen LogP contribution in [0.4, 0.5) is 5.69 Å². The van der Waals surface area contributed by atoms with E-state index >= 15 is 0 Å². The van der Waals surface area contributed by atoms with Crippen LogP contribution in [-0.2, 0) is 9.59 Å². The predicted molar refractivity (Wildman–Crippen MR) is 94.1 cm³/mol. The van der Waals surface area contributed by atoms with Gasteiger partial charge >= 0.3 is 0 Å². The molecule has 0 saturated carbocycles. The number of amides is 2. The second-order valence-corrected chi connectivity index (χ2v) is 6.41. The first kappa shape index (κ1) is 17.5. The largest absolute Gasteiger partial charge is 0.497 e. The van der Waals surface area contributed by atoms with Crippen molar-refractivity contribution in [2.45, 2.75) is 37.8 Å². The van der Waals surface area contributed by atoms with Gasteiger partial charge in [0.05, 0.1) is 25.9 Å². The number of methoxy groups -OCH3 is 2. The minimum absolute atomic E-state index is 0.0804. The SMILES string of the molecule is COc1cc(OC)cc(N2CCC(NC(=O)C3CCCCN3)C2=O)c1. The lowest BCUT2D eigenvalue weighted by atomic mass is 10.0. The number of nitrogens with zero attached hydrogens (tertiary/aromatic N) is 1. The maximum atomic E-state index is 12.7. The molecule has 2 unspecified atom stereocenters. The van der Waals surface area contributed by atoms with Gasteiger partial charge in [0.2, 0.25) is 11.8 Å². The van der Waals surface area contributed by atoms with Crippen molar-refractivity contribution in [1.82, 2.24) is 10.6 Å². The third-order valence-corrected chi connectivity index (χ3v) is 4.80. The number of carbonyl (C=O) groups excluding carboxylic acids is 2. The summed E-state index contributed by atoms with van der Waals surface area (Å²) in [6.07, 6.45) is 3.55. The molecule has 136 valence electrons. The molecule has 2 atom stereocenters. The summed E-state index contributed by atoms with van der Waals surface area (Å²) < 4.78 is 10.5. The van der Waals surface area contributed by atoms with Gasteiger partial charge in [-0.05, 0) is 25.8 Å². The highest BCUT2D eigenvalue weighted by Gasteiger charge is 2.35. The number of hydrogen-bond acceptors (Lipinski definition) is 5. The Morgan fingerprint density at radius 1 is 1.16 bits per heavy atom. The van der Waals surface area contributed by atoms with Crippen molar-refractivity contribution in [2.24, 2.45) is 0 Å². The number of piperidine rings is 1. The summed E-state index contributed by atoms with van der Waals surface area (Å²) >= 11 is 0. The van der Waals surface area contributed by atoms with E-state index < -0.39 is 6.04 Å². The molecule has 2 fully saturated rings. The summed E-state index contributed by atoms with van der Waals surface area (Å²) in [5.41, 5.74) is 0.716. The zero-order chi connectivity index (χ0) is 17.8. The van der Waals surface area contributed by atoms with E-state index in [4.69, 9.17) is 9.47 Å². The van der Waals surface area contributed by atoms with Crippen molar-refractivity contribution in [2.75, 3.05) is 32.2 Å². The van der Waals surface area contributed by atoms with Gasteiger partial charge in [-0.15, -0.1) is 0 Å². The fourth-order valence-corrected chi connectivity index (χ4v) is 3.37. The van der Waals surface area contributed by atoms with Crippen molar-refractivity contribution in [3.8, 4) is 11.5 Å². The highest BCUT2D eigenvalue weighted by atomic mass is 16.5. The van der Waals surface area contributed by atoms with Gasteiger partial charge in [-0.3, -0.25) is 9.59 Å². The van der Waals surface area contributed by atoms with Crippen molar-refractivity contribution in [3.05, 3.63) is 18.2 Å². The van der Waals surface area contributed by atoms with E-state index in [1.807, 2.05) is 0 Å². The minimum Gasteiger partial charge on any atom is -0.497 e. The summed E-state index contributed by atoms with van der Waals surface area (Å²) in [5, 5.41) is 6.11. The molecule has 1 aromatic carbocycles. The number of rotatable bonds is 5. The number of hydrogen-bond donors (Lipinski definition) is 2. The first-order chi connectivity index (χ1) is 12.1. The standard InChI is InChI=1S/C18H25N3O4/c1-24-13-9-12(10-14(11-13)25-2)21-8-6-16(18(21)23)20-17(22)15-5-3-4-7-19-15/h9-11,15-16,19H,3-8H2,1-2H3,(H,20,22). The molecular weight excluding hydrogens is 322 g/mol. The van der Waals surface area contributed by atoms with E-state index in [0.717, 1.165) is 25.8 Å². The first-order valence-electron chi connectivity index (χ1n) is 8.70. The highest BCUT2D eigenvalue weighted by molar-refractivity contribution is 6.02. The van der Waals surface area contributed by atoms with Crippen LogP contribution in [0.1, 0.15) is 25.7 Å². The second-order valence-electron chi connectivity index (χ2n) is 6.41. The summed E-state index contributed by atoms with van der Waals surface area (Å²) in [7, 11) is 3.15. The average molecular weight is 347 g/mol. The van der Waals surface area contributed by atoms with Crippen LogP contribution < -0.4 is 25.0 Å². The Balaban J connectivity index is 1.68. The van der Waals surface area contributed by atoms with Crippen LogP contribution in [0, 0.1) is 0 Å². The first-order valence-corrected chi connectivity index (χ1v) is 8.70. The maximum Gasteiger partial charge on any atom is 0.249 e. The number of anilines is 1. The molecule has 2 heterocycles. The molecule has 2 aliphatic heterocycles. The van der Waals surface area contributed by atoms with Gasteiger partial charge in [-0.2, -0.15) is 0 Å². The van der Waals surface area contributed by atoms with Gasteiger partial charge in [0, 0.05) is 24.7 Å². The van der Waals surface area contributed by atoms with Crippen LogP contribution in [0.25, 0.3) is 0 Å². The molecule has 3 rings (SSSR count). The van der Waals surface area contributed by atoms with E-state index in [1.54, 1.807) is 37.3 Å². The van der Waals surface area contributed by atoms with E-state index in [9.17, 15) is 9.59 Å². The van der Waals surface area contributed by atoms with Crippen LogP contribution >= 0.6 is 0 Å². The molecule has 7 nitrogen and oxygen atoms in total. The van der Waals surface area contributed by atoms with Gasteiger partial charge in [0.1, 0.15) is 17.5 Å². The molecule has 2 aliphatic rings. The molecule has 2 amide bonds. The van der Waals surface area contributed by atoms with E-state index in [1.165, 1.54) is 0 Å². The minimum atomic E-state index is -0.478. The summed E-state index contributed by atoms with van der Waals surface area (Å²) in [5.74, 6) is 1.07. The summed E-state index contributed by atoms with van der Waals surface area (Å²) in [6, 6.07) is 4.69. The fraction of sp³-hybridized carbons (Fsp3) is 0.556. The third-order valence-electron chi connectivity index (χ3n) is 4.80. The van der Waals surface area contributed by atoms with E-state index in [0.29, 0.717) is 30.2 Å². The van der Waals surface area contributed by atoms with E-state index in [2.05, 4.69) is 10.6 Å². The third kappa shape index (κ3) is 3.87. The Bertz CT molecular complexity index is 621. The zero-order valence-electron chi connectivity index (χ0n) is 14.7. The Morgan fingerprint density at radius 3 is 2.48 bits per heavy atom. The molecule has 25 heavy (non-hydrogen) atoms. The molecule has 0 aliphatic carbocycles. The molecule has 7 heteroatoms. The van der Waals surface area contributed by atoms with Crippen LogP contribution in [0.5, 0.6) is 11.5 Å². The van der Waals surface area contributed by atoms with Crippen LogP contribution in [-0.4, -0.2) is 51.2 Å². The molecule has 2 saturated heterocycles. The number of benzene rings is 1. The molecule has 1 aromatic rings. The lowest BCUT2D eigenvalue weighted by Gasteiger charge is -2.24. The van der Waals surface area contributed by atoms with E-state index in [-0.39, 0.29) is 17.9 Å². The quantitative estimate of drug-likeness (QED) is 0.833. The molecule has 2 N–H and O–H groups in total. The molecule has 0 bridgehead atoms. The number of ether oxygens (including phenoxy) is 2. The predicted octanol–water partition coefficient (Wildman–Crippen LogP) is 1.07. The van der Waals surface area contributed by atoms with Gasteiger partial charge in [0.15, 0.2) is 0 Å². The lowest BCUT2D eigenvalue weighted by Crippen LogP contribution is -2.51. The van der Waals surface area contributed by atoms with Gasteiger partial charge in [0.25, 0.3) is 0 Å². The normalized spacial score (nSPS) is 23.4. The average Bonchev–Trinajstić information content (AvgIpc) is 3.02. The molecule has 0 spiro atoms. The summed E-state index contributed by atoms with van der Waals surface area (Å²) in [4.78, 5) is 26.8. The highest BCUT2D eigenvalue weighted by Crippen LogP contribution is 2.31.